The number of aromatic nitrogens is 2. The molecule has 0 spiro atoms. The Morgan fingerprint density at radius 2 is 2.14 bits per heavy atom. The Labute approximate surface area is 132 Å². The maximum absolute atomic E-state index is 12.9. The number of rotatable bonds is 1. The highest BCUT2D eigenvalue weighted by atomic mass is 35.5. The van der Waals surface area contributed by atoms with Crippen LogP contribution in [0.2, 0.25) is 5.02 Å². The summed E-state index contributed by atoms with van der Waals surface area (Å²) in [5.41, 5.74) is 4.50. The number of halogens is 1. The van der Waals surface area contributed by atoms with Gasteiger partial charge in [0, 0.05) is 22.8 Å². The number of benzene rings is 2. The van der Waals surface area contributed by atoms with Crippen LogP contribution in [0.3, 0.4) is 0 Å². The number of carbonyl (C=O) groups is 1. The van der Waals surface area contributed by atoms with Crippen LogP contribution < -0.4 is 4.90 Å². The first-order valence-corrected chi connectivity index (χ1v) is 7.63. The predicted molar refractivity (Wildman–Crippen MR) is 87.5 cm³/mol. The summed E-state index contributed by atoms with van der Waals surface area (Å²) < 4.78 is 0. The molecule has 4 nitrogen and oxygen atoms in total. The van der Waals surface area contributed by atoms with Gasteiger partial charge < -0.3 is 9.88 Å². The second-order valence-corrected chi connectivity index (χ2v) is 5.90. The number of nitrogens with one attached hydrogen (secondary N) is 1. The maximum Gasteiger partial charge on any atom is 0.258 e. The van der Waals surface area contributed by atoms with Gasteiger partial charge in [-0.3, -0.25) is 4.79 Å². The summed E-state index contributed by atoms with van der Waals surface area (Å²) >= 11 is 6.06. The number of anilines is 1. The Balaban J connectivity index is 1.74. The van der Waals surface area contributed by atoms with Crippen molar-refractivity contribution in [1.29, 1.82) is 0 Å². The molecule has 2 aromatic carbocycles. The molecule has 1 aromatic heterocycles. The normalized spacial score (nSPS) is 14.1. The van der Waals surface area contributed by atoms with Crippen molar-refractivity contribution >= 4 is 34.2 Å². The molecule has 0 saturated heterocycles. The molecule has 1 aliphatic heterocycles. The van der Waals surface area contributed by atoms with Gasteiger partial charge in [-0.2, -0.15) is 0 Å². The predicted octanol–water partition coefficient (Wildman–Crippen LogP) is 3.81. The number of aryl methyl sites for hydroxylation is 1. The molecular formula is C17H14ClN3O. The number of hydrogen-bond donors (Lipinski definition) is 1. The van der Waals surface area contributed by atoms with Gasteiger partial charge in [-0.15, -0.1) is 0 Å². The lowest BCUT2D eigenvalue weighted by Crippen LogP contribution is -2.35. The van der Waals surface area contributed by atoms with Gasteiger partial charge in [0.1, 0.15) is 0 Å². The van der Waals surface area contributed by atoms with Crippen molar-refractivity contribution in [3.05, 3.63) is 58.9 Å². The summed E-state index contributed by atoms with van der Waals surface area (Å²) in [7, 11) is 0. The molecule has 0 saturated carbocycles. The van der Waals surface area contributed by atoms with Crippen LogP contribution in [0, 0.1) is 0 Å². The quantitative estimate of drug-likeness (QED) is 0.743. The number of amides is 1. The van der Waals surface area contributed by atoms with E-state index in [0.29, 0.717) is 10.6 Å². The fourth-order valence-corrected chi connectivity index (χ4v) is 3.20. The molecule has 0 unspecified atom stereocenters. The number of H-pyrrole nitrogens is 1. The van der Waals surface area contributed by atoms with E-state index in [1.165, 1.54) is 0 Å². The van der Waals surface area contributed by atoms with Crippen molar-refractivity contribution in [3.63, 3.8) is 0 Å². The molecule has 1 N–H and O–H groups in total. The van der Waals surface area contributed by atoms with Crippen molar-refractivity contribution in [1.82, 2.24) is 9.97 Å². The number of aromatic amines is 1. The third kappa shape index (κ3) is 2.16. The van der Waals surface area contributed by atoms with E-state index >= 15 is 0 Å². The summed E-state index contributed by atoms with van der Waals surface area (Å²) in [6, 6.07) is 11.3. The number of nitrogens with zero attached hydrogens (tertiary/aromatic N) is 2. The molecule has 22 heavy (non-hydrogen) atoms. The summed E-state index contributed by atoms with van der Waals surface area (Å²) in [6.07, 6.45) is 3.54. The van der Waals surface area contributed by atoms with E-state index < -0.39 is 0 Å². The van der Waals surface area contributed by atoms with Gasteiger partial charge in [-0.05, 0) is 54.8 Å². The van der Waals surface area contributed by atoms with Crippen LogP contribution in [0.1, 0.15) is 22.3 Å². The number of carbonyl (C=O) groups excluding carboxylic acids is 1. The zero-order valence-corrected chi connectivity index (χ0v) is 12.6. The smallest absolute Gasteiger partial charge is 0.258 e. The zero-order valence-electron chi connectivity index (χ0n) is 11.8. The third-order valence-corrected chi connectivity index (χ3v) is 4.31. The molecule has 1 amide bonds. The minimum atomic E-state index is 0.0137. The second-order valence-electron chi connectivity index (χ2n) is 5.47. The second kappa shape index (κ2) is 5.14. The maximum atomic E-state index is 12.9. The average Bonchev–Trinajstić information content (AvgIpc) is 3.00. The van der Waals surface area contributed by atoms with Gasteiger partial charge in [0.15, 0.2) is 0 Å². The fraction of sp³-hybridized carbons (Fsp3) is 0.176. The van der Waals surface area contributed by atoms with Crippen molar-refractivity contribution in [3.8, 4) is 0 Å². The molecule has 0 aliphatic carbocycles. The van der Waals surface area contributed by atoms with Gasteiger partial charge in [0.25, 0.3) is 5.91 Å². The monoisotopic (exact) mass is 311 g/mol. The van der Waals surface area contributed by atoms with Crippen molar-refractivity contribution in [2.75, 3.05) is 11.4 Å². The first kappa shape index (κ1) is 13.3. The standard InChI is InChI=1S/C17H14ClN3O/c18-13-4-6-16-11(8-13)2-1-7-21(16)17(22)12-3-5-14-15(9-12)20-10-19-14/h3-6,8-10H,1-2,7H2,(H,19,20). The topological polar surface area (TPSA) is 49.0 Å². The highest BCUT2D eigenvalue weighted by molar-refractivity contribution is 6.30. The van der Waals surface area contributed by atoms with Crippen LogP contribution in [0.15, 0.2) is 42.7 Å². The van der Waals surface area contributed by atoms with E-state index in [1.807, 2.05) is 41.3 Å². The molecule has 0 fully saturated rings. The molecule has 1 aliphatic rings. The lowest BCUT2D eigenvalue weighted by atomic mass is 10.0. The lowest BCUT2D eigenvalue weighted by Gasteiger charge is -2.29. The molecule has 0 radical (unpaired) electrons. The number of fused-ring (bicyclic) bond motifs is 2. The van der Waals surface area contributed by atoms with Crippen LogP contribution in [0.25, 0.3) is 11.0 Å². The minimum absolute atomic E-state index is 0.0137. The molecule has 2 heterocycles. The molecule has 3 aromatic rings. The fourth-order valence-electron chi connectivity index (χ4n) is 3.00. The van der Waals surface area contributed by atoms with E-state index in [4.69, 9.17) is 11.6 Å². The van der Waals surface area contributed by atoms with E-state index in [1.54, 1.807) is 6.33 Å². The van der Waals surface area contributed by atoms with Crippen molar-refractivity contribution in [2.45, 2.75) is 12.8 Å². The SMILES string of the molecule is O=C(c1ccc2nc[nH]c2c1)N1CCCc2cc(Cl)ccc21. The Hall–Kier alpha value is -2.33. The highest BCUT2D eigenvalue weighted by Crippen LogP contribution is 2.31. The van der Waals surface area contributed by atoms with Crippen LogP contribution in [-0.4, -0.2) is 22.4 Å². The Morgan fingerprint density at radius 1 is 1.23 bits per heavy atom. The third-order valence-electron chi connectivity index (χ3n) is 4.07. The van der Waals surface area contributed by atoms with Crippen LogP contribution in [-0.2, 0) is 6.42 Å². The summed E-state index contributed by atoms with van der Waals surface area (Å²) in [5, 5.41) is 0.715. The van der Waals surface area contributed by atoms with E-state index in [-0.39, 0.29) is 5.91 Å². The zero-order chi connectivity index (χ0) is 15.1. The van der Waals surface area contributed by atoms with Crippen LogP contribution in [0.5, 0.6) is 0 Å². The molecular weight excluding hydrogens is 298 g/mol. The summed E-state index contributed by atoms with van der Waals surface area (Å²) in [5.74, 6) is 0.0137. The minimum Gasteiger partial charge on any atom is -0.345 e. The highest BCUT2D eigenvalue weighted by Gasteiger charge is 2.24. The molecule has 0 bridgehead atoms. The number of imidazole rings is 1. The van der Waals surface area contributed by atoms with Gasteiger partial charge in [-0.25, -0.2) is 4.98 Å². The molecule has 0 atom stereocenters. The molecule has 5 heteroatoms. The first-order chi connectivity index (χ1) is 10.7. The van der Waals surface area contributed by atoms with Gasteiger partial charge in [0.2, 0.25) is 0 Å². The van der Waals surface area contributed by atoms with Gasteiger partial charge in [-0.1, -0.05) is 11.6 Å². The van der Waals surface area contributed by atoms with Crippen molar-refractivity contribution in [2.24, 2.45) is 0 Å². The lowest BCUT2D eigenvalue weighted by molar-refractivity contribution is 0.0985. The number of hydrogen-bond acceptors (Lipinski definition) is 2. The van der Waals surface area contributed by atoms with Crippen LogP contribution >= 0.6 is 11.6 Å². The van der Waals surface area contributed by atoms with E-state index in [2.05, 4.69) is 9.97 Å². The van der Waals surface area contributed by atoms with E-state index in [0.717, 1.165) is 41.7 Å². The van der Waals surface area contributed by atoms with E-state index in [9.17, 15) is 4.79 Å². The Kier molecular flexibility index (Phi) is 3.12. The van der Waals surface area contributed by atoms with Gasteiger partial charge >= 0.3 is 0 Å². The van der Waals surface area contributed by atoms with Gasteiger partial charge in [0.05, 0.1) is 17.4 Å². The Bertz CT molecular complexity index is 871. The van der Waals surface area contributed by atoms with Crippen LogP contribution in [0.4, 0.5) is 5.69 Å². The summed E-state index contributed by atoms with van der Waals surface area (Å²) in [4.78, 5) is 21.9. The molecule has 110 valence electrons. The largest absolute Gasteiger partial charge is 0.345 e. The first-order valence-electron chi connectivity index (χ1n) is 7.26. The molecule has 4 rings (SSSR count). The Morgan fingerprint density at radius 3 is 3.05 bits per heavy atom. The summed E-state index contributed by atoms with van der Waals surface area (Å²) in [6.45, 7) is 0.731. The average molecular weight is 312 g/mol. The van der Waals surface area contributed by atoms with Crippen molar-refractivity contribution < 1.29 is 4.79 Å².